The predicted molar refractivity (Wildman–Crippen MR) is 57.3 cm³/mol. The molecule has 14 heavy (non-hydrogen) atoms. The van der Waals surface area contributed by atoms with Crippen LogP contribution in [0.25, 0.3) is 11.4 Å². The molecule has 0 aliphatic carbocycles. The third kappa shape index (κ3) is 1.88. The molecule has 0 fully saturated rings. The first-order valence-corrected chi connectivity index (χ1v) is 5.24. The van der Waals surface area contributed by atoms with E-state index < -0.39 is 0 Å². The molecule has 0 aliphatic rings. The summed E-state index contributed by atoms with van der Waals surface area (Å²) >= 11 is 1.58. The quantitative estimate of drug-likeness (QED) is 0.834. The van der Waals surface area contributed by atoms with Gasteiger partial charge in [-0.2, -0.15) is 0 Å². The molecule has 0 radical (unpaired) electrons. The van der Waals surface area contributed by atoms with Crippen molar-refractivity contribution in [3.05, 3.63) is 24.0 Å². The van der Waals surface area contributed by atoms with E-state index in [9.17, 15) is 0 Å². The van der Waals surface area contributed by atoms with Crippen molar-refractivity contribution < 1.29 is 0 Å². The molecule has 0 spiro atoms. The first-order chi connectivity index (χ1) is 6.90. The lowest BCUT2D eigenvalue weighted by atomic mass is 10.4. The number of hydrogen-bond acceptors (Lipinski definition) is 5. The van der Waals surface area contributed by atoms with E-state index in [0.717, 1.165) is 23.1 Å². The minimum atomic E-state index is 0.813. The second-order valence-corrected chi connectivity index (χ2v) is 3.52. The van der Waals surface area contributed by atoms with E-state index in [0.29, 0.717) is 0 Å². The molecule has 2 rings (SSSR count). The third-order valence-electron chi connectivity index (χ3n) is 1.66. The highest BCUT2D eigenvalue weighted by Crippen LogP contribution is 2.22. The molecule has 72 valence electrons. The molecule has 0 bridgehead atoms. The smallest absolute Gasteiger partial charge is 0.183 e. The van der Waals surface area contributed by atoms with E-state index in [1.807, 2.05) is 12.3 Å². The zero-order chi connectivity index (χ0) is 9.80. The fourth-order valence-corrected chi connectivity index (χ4v) is 1.83. The van der Waals surface area contributed by atoms with Crippen molar-refractivity contribution in [2.75, 3.05) is 11.9 Å². The topological polar surface area (TPSA) is 50.7 Å². The summed E-state index contributed by atoms with van der Waals surface area (Å²) in [6.45, 7) is 2.93. The van der Waals surface area contributed by atoms with Gasteiger partial charge >= 0.3 is 0 Å². The van der Waals surface area contributed by atoms with Crippen LogP contribution in [0.1, 0.15) is 6.92 Å². The summed E-state index contributed by atoms with van der Waals surface area (Å²) in [6, 6.07) is 0. The molecule has 1 N–H and O–H groups in total. The van der Waals surface area contributed by atoms with Crippen LogP contribution in [0.3, 0.4) is 0 Å². The van der Waals surface area contributed by atoms with Gasteiger partial charge in [0, 0.05) is 24.3 Å². The van der Waals surface area contributed by atoms with Crippen LogP contribution in [0.2, 0.25) is 0 Å². The van der Waals surface area contributed by atoms with Crippen molar-refractivity contribution >= 4 is 16.5 Å². The normalized spacial score (nSPS) is 10.1. The summed E-state index contributed by atoms with van der Waals surface area (Å²) in [6.07, 6.45) is 5.04. The van der Waals surface area contributed by atoms with Crippen LogP contribution in [0.15, 0.2) is 24.0 Å². The maximum atomic E-state index is 4.38. The van der Waals surface area contributed by atoms with Crippen molar-refractivity contribution in [2.45, 2.75) is 6.92 Å². The maximum absolute atomic E-state index is 4.38. The zero-order valence-electron chi connectivity index (χ0n) is 7.77. The number of hydrogen-bond donors (Lipinski definition) is 1. The lowest BCUT2D eigenvalue weighted by Gasteiger charge is -1.94. The SMILES string of the molecule is CCNc1nc(-c2cnccn2)cs1. The van der Waals surface area contributed by atoms with Crippen LogP contribution >= 0.6 is 11.3 Å². The molecular formula is C9H10N4S. The Hall–Kier alpha value is -1.49. The van der Waals surface area contributed by atoms with Gasteiger partial charge in [0.15, 0.2) is 5.13 Å². The molecule has 2 aromatic rings. The van der Waals surface area contributed by atoms with Gasteiger partial charge in [-0.25, -0.2) is 4.98 Å². The van der Waals surface area contributed by atoms with E-state index in [1.165, 1.54) is 0 Å². The molecule has 2 aromatic heterocycles. The highest BCUT2D eigenvalue weighted by atomic mass is 32.1. The van der Waals surface area contributed by atoms with Gasteiger partial charge in [0.25, 0.3) is 0 Å². The van der Waals surface area contributed by atoms with Gasteiger partial charge in [-0.15, -0.1) is 11.3 Å². The van der Waals surface area contributed by atoms with Crippen LogP contribution < -0.4 is 5.32 Å². The second-order valence-electron chi connectivity index (χ2n) is 2.66. The molecule has 5 heteroatoms. The number of aromatic nitrogens is 3. The van der Waals surface area contributed by atoms with Gasteiger partial charge in [0.1, 0.15) is 11.4 Å². The monoisotopic (exact) mass is 206 g/mol. The van der Waals surface area contributed by atoms with E-state index >= 15 is 0 Å². The predicted octanol–water partition coefficient (Wildman–Crippen LogP) is 2.03. The first kappa shape index (κ1) is 9.08. The van der Waals surface area contributed by atoms with E-state index in [1.54, 1.807) is 29.9 Å². The van der Waals surface area contributed by atoms with Crippen molar-refractivity contribution in [1.29, 1.82) is 0 Å². The summed E-state index contributed by atoms with van der Waals surface area (Å²) in [5.74, 6) is 0. The molecule has 0 aromatic carbocycles. The fraction of sp³-hybridized carbons (Fsp3) is 0.222. The molecular weight excluding hydrogens is 196 g/mol. The van der Waals surface area contributed by atoms with Crippen LogP contribution in [-0.2, 0) is 0 Å². The highest BCUT2D eigenvalue weighted by Gasteiger charge is 2.03. The molecule has 0 amide bonds. The lowest BCUT2D eigenvalue weighted by Crippen LogP contribution is -1.95. The summed E-state index contributed by atoms with van der Waals surface area (Å²) in [5, 5.41) is 6.06. The van der Waals surface area contributed by atoms with Gasteiger partial charge < -0.3 is 5.32 Å². The molecule has 0 saturated heterocycles. The zero-order valence-corrected chi connectivity index (χ0v) is 8.58. The molecule has 2 heterocycles. The molecule has 4 nitrogen and oxygen atoms in total. The standard InChI is InChI=1S/C9H10N4S/c1-2-11-9-13-8(6-14-9)7-5-10-3-4-12-7/h3-6H,2H2,1H3,(H,11,13). The fourth-order valence-electron chi connectivity index (χ4n) is 1.06. The van der Waals surface area contributed by atoms with Crippen molar-refractivity contribution in [2.24, 2.45) is 0 Å². The Kier molecular flexibility index (Phi) is 2.69. The Morgan fingerprint density at radius 2 is 2.29 bits per heavy atom. The molecule has 0 aliphatic heterocycles. The van der Waals surface area contributed by atoms with Crippen LogP contribution in [0, 0.1) is 0 Å². The Morgan fingerprint density at radius 3 is 3.00 bits per heavy atom. The number of nitrogens with zero attached hydrogens (tertiary/aromatic N) is 3. The van der Waals surface area contributed by atoms with E-state index in [4.69, 9.17) is 0 Å². The van der Waals surface area contributed by atoms with Crippen molar-refractivity contribution in [1.82, 2.24) is 15.0 Å². The average molecular weight is 206 g/mol. The summed E-state index contributed by atoms with van der Waals surface area (Å²) < 4.78 is 0. The van der Waals surface area contributed by atoms with Gasteiger partial charge in [0.2, 0.25) is 0 Å². The van der Waals surface area contributed by atoms with E-state index in [-0.39, 0.29) is 0 Å². The van der Waals surface area contributed by atoms with Crippen LogP contribution in [0.5, 0.6) is 0 Å². The average Bonchev–Trinajstić information content (AvgIpc) is 2.68. The number of rotatable bonds is 3. The van der Waals surface area contributed by atoms with Gasteiger partial charge in [0.05, 0.1) is 6.20 Å². The minimum absolute atomic E-state index is 0.813. The Balaban J connectivity index is 2.25. The van der Waals surface area contributed by atoms with Crippen LogP contribution in [0.4, 0.5) is 5.13 Å². The number of nitrogens with one attached hydrogen (secondary N) is 1. The van der Waals surface area contributed by atoms with Crippen molar-refractivity contribution in [3.8, 4) is 11.4 Å². The Labute approximate surface area is 86.1 Å². The first-order valence-electron chi connectivity index (χ1n) is 4.36. The summed E-state index contributed by atoms with van der Waals surface area (Å²) in [4.78, 5) is 12.5. The molecule has 0 saturated carbocycles. The van der Waals surface area contributed by atoms with Crippen molar-refractivity contribution in [3.63, 3.8) is 0 Å². The number of thiazole rings is 1. The Morgan fingerprint density at radius 1 is 1.36 bits per heavy atom. The summed E-state index contributed by atoms with van der Waals surface area (Å²) in [5.41, 5.74) is 1.69. The number of anilines is 1. The third-order valence-corrected chi connectivity index (χ3v) is 2.46. The Bertz CT molecular complexity index is 398. The largest absolute Gasteiger partial charge is 0.362 e. The lowest BCUT2D eigenvalue weighted by molar-refractivity contribution is 1.17. The minimum Gasteiger partial charge on any atom is -0.362 e. The van der Waals surface area contributed by atoms with Gasteiger partial charge in [-0.3, -0.25) is 9.97 Å². The van der Waals surface area contributed by atoms with Crippen LogP contribution in [-0.4, -0.2) is 21.5 Å². The van der Waals surface area contributed by atoms with Gasteiger partial charge in [-0.05, 0) is 6.92 Å². The second kappa shape index (κ2) is 4.15. The van der Waals surface area contributed by atoms with Gasteiger partial charge in [-0.1, -0.05) is 0 Å². The van der Waals surface area contributed by atoms with E-state index in [2.05, 4.69) is 20.3 Å². The molecule has 0 unspecified atom stereocenters. The molecule has 0 atom stereocenters. The summed E-state index contributed by atoms with van der Waals surface area (Å²) in [7, 11) is 0. The maximum Gasteiger partial charge on any atom is 0.183 e. The highest BCUT2D eigenvalue weighted by molar-refractivity contribution is 7.14.